The predicted octanol–water partition coefficient (Wildman–Crippen LogP) is -2.01. The molecule has 0 aromatic heterocycles. The van der Waals surface area contributed by atoms with Crippen molar-refractivity contribution in [2.45, 2.75) is 28.4 Å². The molecule has 4 nitrogen and oxygen atoms in total. The summed E-state index contributed by atoms with van der Waals surface area (Å²) in [5.74, 6) is 0. The molecule has 4 N–H and O–H groups in total. The van der Waals surface area contributed by atoms with Crippen molar-refractivity contribution in [3.63, 3.8) is 0 Å². The van der Waals surface area contributed by atoms with Crippen molar-refractivity contribution >= 4 is 15.0 Å². The van der Waals surface area contributed by atoms with Crippen LogP contribution in [0.3, 0.4) is 0 Å². The first-order valence-electron chi connectivity index (χ1n) is 3.43. The summed E-state index contributed by atoms with van der Waals surface area (Å²) in [6.45, 7) is -0.337. The Hall–Kier alpha value is 0.359. The van der Waals surface area contributed by atoms with Gasteiger partial charge in [0, 0.05) is 0 Å². The topological polar surface area (TPSA) is 80.9 Å². The van der Waals surface area contributed by atoms with Gasteiger partial charge in [-0.05, 0) is 0 Å². The van der Waals surface area contributed by atoms with Crippen LogP contribution in [0.4, 0.5) is 0 Å². The second kappa shape index (κ2) is 3.85. The summed E-state index contributed by atoms with van der Waals surface area (Å²) in [7, 11) is 0. The van der Waals surface area contributed by atoms with Crippen molar-refractivity contribution in [2.24, 2.45) is 0 Å². The number of hydrogen-bond donors (Lipinski definition) is 4. The fourth-order valence-corrected chi connectivity index (χ4v) is 3.80. The van der Waals surface area contributed by atoms with E-state index in [2.05, 4.69) is 0 Å². The molecule has 0 spiro atoms. The summed E-state index contributed by atoms with van der Waals surface area (Å²) < 4.78 is 0. The fraction of sp³-hybridized carbons (Fsp3) is 1.00. The molecule has 0 aromatic rings. The summed E-state index contributed by atoms with van der Waals surface area (Å²) in [5.41, 5.74) is 0. The molecule has 0 unspecified atom stereocenters. The number of hydrogen-bond acceptors (Lipinski definition) is 4. The molecule has 1 heterocycles. The van der Waals surface area contributed by atoms with Crippen molar-refractivity contribution in [3.05, 3.63) is 0 Å². The van der Waals surface area contributed by atoms with Crippen LogP contribution in [0, 0.1) is 0 Å². The van der Waals surface area contributed by atoms with Crippen LogP contribution in [0.25, 0.3) is 0 Å². The van der Waals surface area contributed by atoms with Crippen LogP contribution in [0.1, 0.15) is 0 Å². The normalized spacial score (nSPS) is 40.9. The molecular weight excluding hydrogens is 215 g/mol. The Balaban J connectivity index is 2.47. The summed E-state index contributed by atoms with van der Waals surface area (Å²) >= 11 is 0.0426. The average molecular weight is 227 g/mol. The maximum absolute atomic E-state index is 9.25. The van der Waals surface area contributed by atoms with Gasteiger partial charge in [0.15, 0.2) is 0 Å². The first-order valence-corrected chi connectivity index (χ1v) is 5.63. The molecule has 1 saturated heterocycles. The Kier molecular flexibility index (Phi) is 3.30. The molecule has 0 amide bonds. The van der Waals surface area contributed by atoms with Crippen molar-refractivity contribution in [3.8, 4) is 0 Å². The van der Waals surface area contributed by atoms with Gasteiger partial charge >= 0.3 is 70.4 Å². The molecule has 0 aliphatic carbocycles. The Bertz CT molecular complexity index is 132. The average Bonchev–Trinajstić information content (AvgIpc) is 2.32. The summed E-state index contributed by atoms with van der Waals surface area (Å²) in [6, 6.07) is 0. The summed E-state index contributed by atoms with van der Waals surface area (Å²) in [6.07, 6.45) is -2.43. The third-order valence-electron chi connectivity index (χ3n) is 1.76. The van der Waals surface area contributed by atoms with Gasteiger partial charge in [-0.15, -0.1) is 0 Å². The van der Waals surface area contributed by atoms with Crippen molar-refractivity contribution in [1.82, 2.24) is 0 Å². The quantitative estimate of drug-likeness (QED) is 0.411. The predicted molar refractivity (Wildman–Crippen MR) is 39.4 cm³/mol. The van der Waals surface area contributed by atoms with Crippen LogP contribution < -0.4 is 0 Å². The number of aliphatic hydroxyl groups excluding tert-OH is 4. The van der Waals surface area contributed by atoms with Gasteiger partial charge < -0.3 is 0 Å². The van der Waals surface area contributed by atoms with Gasteiger partial charge in [0.2, 0.25) is 0 Å². The molecule has 1 rings (SSSR count). The van der Waals surface area contributed by atoms with Gasteiger partial charge in [0.25, 0.3) is 0 Å². The molecule has 1 aliphatic heterocycles. The van der Waals surface area contributed by atoms with E-state index in [4.69, 9.17) is 15.3 Å². The van der Waals surface area contributed by atoms with Gasteiger partial charge in [-0.3, -0.25) is 0 Å². The molecule has 4 atom stereocenters. The van der Waals surface area contributed by atoms with Crippen LogP contribution in [0.15, 0.2) is 0 Å². The second-order valence-corrected chi connectivity index (χ2v) is 5.15. The van der Waals surface area contributed by atoms with Crippen LogP contribution >= 0.6 is 0 Å². The van der Waals surface area contributed by atoms with E-state index in [1.165, 1.54) is 0 Å². The van der Waals surface area contributed by atoms with Crippen LogP contribution in [-0.4, -0.2) is 60.3 Å². The summed E-state index contributed by atoms with van der Waals surface area (Å²) in [5, 5.41) is 36.6. The van der Waals surface area contributed by atoms with Gasteiger partial charge in [0.1, 0.15) is 0 Å². The standard InChI is InChI=1S/C6H12O4Se/c7-1-3(8)6-5(10)4(9)2-11-6/h3-10H,1-2H2/t3-,4-,5-,6+/m0/s1. The first kappa shape index (κ1) is 9.45. The minimum absolute atomic E-state index is 0.0426. The van der Waals surface area contributed by atoms with E-state index in [9.17, 15) is 5.11 Å². The Morgan fingerprint density at radius 3 is 2.45 bits per heavy atom. The van der Waals surface area contributed by atoms with Crippen molar-refractivity contribution in [1.29, 1.82) is 0 Å². The SMILES string of the molecule is OC[C@H](O)[C@H]1[Se]C[C@H](O)[C@@H]1O. The van der Waals surface area contributed by atoms with E-state index in [0.717, 1.165) is 0 Å². The Morgan fingerprint density at radius 1 is 1.45 bits per heavy atom. The van der Waals surface area contributed by atoms with Crippen LogP contribution in [0.5, 0.6) is 0 Å². The number of rotatable bonds is 2. The molecule has 5 heteroatoms. The monoisotopic (exact) mass is 228 g/mol. The molecule has 0 aromatic carbocycles. The van der Waals surface area contributed by atoms with Crippen LogP contribution in [-0.2, 0) is 0 Å². The second-order valence-electron chi connectivity index (χ2n) is 2.61. The molecule has 0 bridgehead atoms. The maximum atomic E-state index is 9.25. The van der Waals surface area contributed by atoms with Crippen LogP contribution in [0.2, 0.25) is 10.1 Å². The van der Waals surface area contributed by atoms with Crippen molar-refractivity contribution < 1.29 is 20.4 Å². The van der Waals surface area contributed by atoms with E-state index in [-0.39, 0.29) is 26.4 Å². The molecule has 1 fully saturated rings. The molecule has 0 radical (unpaired) electrons. The fourth-order valence-electron chi connectivity index (χ4n) is 1.07. The zero-order valence-corrected chi connectivity index (χ0v) is 7.63. The van der Waals surface area contributed by atoms with Gasteiger partial charge in [0.05, 0.1) is 0 Å². The molecule has 0 saturated carbocycles. The van der Waals surface area contributed by atoms with Crippen molar-refractivity contribution in [2.75, 3.05) is 6.61 Å². The molecule has 1 aliphatic rings. The van der Waals surface area contributed by atoms with Gasteiger partial charge in [-0.1, -0.05) is 0 Å². The zero-order chi connectivity index (χ0) is 8.43. The third kappa shape index (κ3) is 1.93. The van der Waals surface area contributed by atoms with E-state index in [0.29, 0.717) is 5.32 Å². The van der Waals surface area contributed by atoms with E-state index >= 15 is 0 Å². The van der Waals surface area contributed by atoms with E-state index in [1.54, 1.807) is 0 Å². The number of aliphatic hydroxyl groups is 4. The first-order chi connectivity index (χ1) is 5.16. The molecular formula is C6H12O4Se. The zero-order valence-electron chi connectivity index (χ0n) is 5.92. The van der Waals surface area contributed by atoms with E-state index < -0.39 is 18.3 Å². The minimum atomic E-state index is -0.873. The molecule has 66 valence electrons. The van der Waals surface area contributed by atoms with Gasteiger partial charge in [-0.2, -0.15) is 0 Å². The third-order valence-corrected chi connectivity index (χ3v) is 4.93. The molecule has 11 heavy (non-hydrogen) atoms. The Morgan fingerprint density at radius 2 is 2.09 bits per heavy atom. The van der Waals surface area contributed by atoms with Gasteiger partial charge in [-0.25, -0.2) is 0 Å². The summed E-state index contributed by atoms with van der Waals surface area (Å²) in [4.78, 5) is -0.303. The Labute approximate surface area is 71.0 Å². The van der Waals surface area contributed by atoms with E-state index in [1.807, 2.05) is 0 Å².